The lowest BCUT2D eigenvalue weighted by atomic mass is 10.1. The van der Waals surface area contributed by atoms with E-state index in [2.05, 4.69) is 10.1 Å². The van der Waals surface area contributed by atoms with Gasteiger partial charge in [0.2, 0.25) is 17.5 Å². The van der Waals surface area contributed by atoms with Crippen molar-refractivity contribution in [1.29, 1.82) is 0 Å². The number of halogens is 1. The van der Waals surface area contributed by atoms with Crippen molar-refractivity contribution in [2.45, 2.75) is 19.3 Å². The van der Waals surface area contributed by atoms with Crippen LogP contribution in [0.4, 0.5) is 0 Å². The minimum atomic E-state index is -0.475. The number of rotatable bonds is 8. The van der Waals surface area contributed by atoms with Crippen LogP contribution in [0.2, 0.25) is 0 Å². The molecule has 0 aliphatic heterocycles. The molecule has 1 aromatic carbocycles. The summed E-state index contributed by atoms with van der Waals surface area (Å²) in [7, 11) is 0. The molecule has 0 spiro atoms. The number of unbranched alkanes of at least 4 members (excludes halogenated alkanes) is 1. The summed E-state index contributed by atoms with van der Waals surface area (Å²) in [5.41, 5.74) is 0.457. The zero-order valence-electron chi connectivity index (χ0n) is 11.8. The maximum absolute atomic E-state index is 12.1. The number of nitrogens with zero attached hydrogens (tertiary/aromatic N) is 2. The van der Waals surface area contributed by atoms with Gasteiger partial charge >= 0.3 is 5.97 Å². The number of alkyl halides is 1. The van der Waals surface area contributed by atoms with Crippen molar-refractivity contribution in [1.82, 2.24) is 10.1 Å². The van der Waals surface area contributed by atoms with E-state index >= 15 is 0 Å². The number of aromatic nitrogens is 2. The fraction of sp³-hybridized carbons (Fsp3) is 0.333. The summed E-state index contributed by atoms with van der Waals surface area (Å²) in [6.07, 6.45) is 1.33. The van der Waals surface area contributed by atoms with Gasteiger partial charge in [0, 0.05) is 11.4 Å². The van der Waals surface area contributed by atoms with E-state index in [1.165, 1.54) is 0 Å². The van der Waals surface area contributed by atoms with Crippen LogP contribution in [0.15, 0.2) is 34.9 Å². The van der Waals surface area contributed by atoms with Crippen LogP contribution < -0.4 is 0 Å². The van der Waals surface area contributed by atoms with Crippen molar-refractivity contribution in [3.05, 3.63) is 47.6 Å². The molecule has 7 heteroatoms. The molecule has 0 saturated heterocycles. The first-order valence-corrected chi connectivity index (χ1v) is 7.38. The highest BCUT2D eigenvalue weighted by Gasteiger charge is 2.18. The number of carbonyl (C=O) groups excluding carboxylic acids is 2. The van der Waals surface area contributed by atoms with Gasteiger partial charge < -0.3 is 9.26 Å². The Morgan fingerprint density at radius 2 is 1.95 bits per heavy atom. The molecule has 22 heavy (non-hydrogen) atoms. The van der Waals surface area contributed by atoms with Crippen molar-refractivity contribution in [2.24, 2.45) is 0 Å². The topological polar surface area (TPSA) is 82.3 Å². The molecular weight excluding hydrogens is 308 g/mol. The molecule has 2 aromatic rings. The van der Waals surface area contributed by atoms with Crippen molar-refractivity contribution >= 4 is 23.4 Å². The Morgan fingerprint density at radius 3 is 2.68 bits per heavy atom. The maximum atomic E-state index is 12.1. The molecule has 1 heterocycles. The number of hydrogen-bond acceptors (Lipinski definition) is 6. The normalized spacial score (nSPS) is 10.4. The van der Waals surface area contributed by atoms with Crippen LogP contribution >= 0.6 is 11.6 Å². The van der Waals surface area contributed by atoms with Gasteiger partial charge in [-0.3, -0.25) is 9.59 Å². The van der Waals surface area contributed by atoms with Gasteiger partial charge in [-0.05, 0) is 12.8 Å². The van der Waals surface area contributed by atoms with E-state index in [0.29, 0.717) is 24.5 Å². The number of ether oxygens (including phenoxy) is 1. The van der Waals surface area contributed by atoms with Gasteiger partial charge in [0.05, 0.1) is 6.61 Å². The van der Waals surface area contributed by atoms with E-state index < -0.39 is 5.97 Å². The third-order valence-corrected chi connectivity index (χ3v) is 3.06. The van der Waals surface area contributed by atoms with Crippen LogP contribution in [0.1, 0.15) is 34.9 Å². The molecule has 1 aromatic heterocycles. The molecule has 6 nitrogen and oxygen atoms in total. The lowest BCUT2D eigenvalue weighted by Crippen LogP contribution is -2.10. The summed E-state index contributed by atoms with van der Waals surface area (Å²) >= 11 is 5.52. The number of esters is 1. The van der Waals surface area contributed by atoms with Crippen LogP contribution in [0.25, 0.3) is 0 Å². The quantitative estimate of drug-likeness (QED) is 0.321. The van der Waals surface area contributed by atoms with Crippen LogP contribution in [0, 0.1) is 0 Å². The molecule has 0 radical (unpaired) electrons. The van der Waals surface area contributed by atoms with Crippen LogP contribution in [0.5, 0.6) is 0 Å². The molecule has 0 unspecified atom stereocenters. The smallest absolute Gasteiger partial charge is 0.315 e. The third kappa shape index (κ3) is 4.66. The standard InChI is InChI=1S/C15H15ClN2O4/c16-8-4-5-9-21-13(19)10-12-17-15(18-22-12)14(20)11-6-2-1-3-7-11/h1-3,6-7H,4-5,8-10H2. The third-order valence-electron chi connectivity index (χ3n) is 2.79. The van der Waals surface area contributed by atoms with Gasteiger partial charge in [-0.15, -0.1) is 11.6 Å². The highest BCUT2D eigenvalue weighted by Crippen LogP contribution is 2.08. The Bertz CT molecular complexity index is 627. The second-order valence-electron chi connectivity index (χ2n) is 4.50. The highest BCUT2D eigenvalue weighted by atomic mass is 35.5. The lowest BCUT2D eigenvalue weighted by molar-refractivity contribution is -0.143. The van der Waals surface area contributed by atoms with Gasteiger partial charge in [0.15, 0.2) is 0 Å². The summed E-state index contributed by atoms with van der Waals surface area (Å²) in [4.78, 5) is 27.6. The Balaban J connectivity index is 1.89. The van der Waals surface area contributed by atoms with E-state index in [-0.39, 0.29) is 23.9 Å². The Labute approximate surface area is 132 Å². The first-order chi connectivity index (χ1) is 10.7. The predicted octanol–water partition coefficient (Wildman–Crippen LogP) is 2.41. The SMILES string of the molecule is O=C(Cc1nc(C(=O)c2ccccc2)no1)OCCCCCl. The molecule has 0 amide bonds. The number of ketones is 1. The Kier molecular flexibility index (Phi) is 6.09. The first kappa shape index (κ1) is 16.2. The van der Waals surface area contributed by atoms with E-state index in [4.69, 9.17) is 20.9 Å². The van der Waals surface area contributed by atoms with Crippen LogP contribution in [-0.4, -0.2) is 34.4 Å². The van der Waals surface area contributed by atoms with Gasteiger partial charge in [-0.25, -0.2) is 0 Å². The molecule has 0 bridgehead atoms. The molecule has 0 atom stereocenters. The van der Waals surface area contributed by atoms with Gasteiger partial charge in [0.25, 0.3) is 0 Å². The summed E-state index contributed by atoms with van der Waals surface area (Å²) in [5.74, 6) is -0.313. The van der Waals surface area contributed by atoms with E-state index in [9.17, 15) is 9.59 Å². The molecule has 0 aliphatic carbocycles. The average molecular weight is 323 g/mol. The molecule has 0 fully saturated rings. The molecule has 116 valence electrons. The highest BCUT2D eigenvalue weighted by molar-refractivity contribution is 6.17. The summed E-state index contributed by atoms with van der Waals surface area (Å²) < 4.78 is 9.89. The first-order valence-electron chi connectivity index (χ1n) is 6.84. The van der Waals surface area contributed by atoms with Gasteiger partial charge in [0.1, 0.15) is 6.42 Å². The molecule has 0 aliphatic rings. The zero-order chi connectivity index (χ0) is 15.8. The minimum Gasteiger partial charge on any atom is -0.465 e. The van der Waals surface area contributed by atoms with E-state index in [1.54, 1.807) is 30.3 Å². The summed E-state index contributed by atoms with van der Waals surface area (Å²) in [5, 5.41) is 3.59. The largest absolute Gasteiger partial charge is 0.465 e. The number of carbonyl (C=O) groups is 2. The van der Waals surface area contributed by atoms with Crippen molar-refractivity contribution in [3.63, 3.8) is 0 Å². The van der Waals surface area contributed by atoms with Crippen LogP contribution in [-0.2, 0) is 16.0 Å². The van der Waals surface area contributed by atoms with Gasteiger partial charge in [-0.2, -0.15) is 4.98 Å². The monoisotopic (exact) mass is 322 g/mol. The summed E-state index contributed by atoms with van der Waals surface area (Å²) in [6.45, 7) is 0.301. The van der Waals surface area contributed by atoms with E-state index in [1.807, 2.05) is 0 Å². The second kappa shape index (κ2) is 8.29. The lowest BCUT2D eigenvalue weighted by Gasteiger charge is -2.01. The molecule has 2 rings (SSSR count). The van der Waals surface area contributed by atoms with E-state index in [0.717, 1.165) is 6.42 Å². The van der Waals surface area contributed by atoms with Crippen molar-refractivity contribution in [2.75, 3.05) is 12.5 Å². The zero-order valence-corrected chi connectivity index (χ0v) is 12.6. The van der Waals surface area contributed by atoms with Crippen molar-refractivity contribution < 1.29 is 18.8 Å². The Hall–Kier alpha value is -2.21. The molecule has 0 saturated carbocycles. The Morgan fingerprint density at radius 1 is 1.18 bits per heavy atom. The van der Waals surface area contributed by atoms with Gasteiger partial charge in [-0.1, -0.05) is 35.5 Å². The number of hydrogen-bond donors (Lipinski definition) is 0. The maximum Gasteiger partial charge on any atom is 0.315 e. The number of benzene rings is 1. The second-order valence-corrected chi connectivity index (χ2v) is 4.88. The summed E-state index contributed by atoms with van der Waals surface area (Å²) in [6, 6.07) is 8.60. The molecular formula is C15H15ClN2O4. The molecule has 0 N–H and O–H groups in total. The van der Waals surface area contributed by atoms with Crippen LogP contribution in [0.3, 0.4) is 0 Å². The average Bonchev–Trinajstić information content (AvgIpc) is 3.00. The fourth-order valence-corrected chi connectivity index (χ4v) is 1.88. The predicted molar refractivity (Wildman–Crippen MR) is 78.8 cm³/mol. The fourth-order valence-electron chi connectivity index (χ4n) is 1.69. The van der Waals surface area contributed by atoms with Crippen molar-refractivity contribution in [3.8, 4) is 0 Å². The minimum absolute atomic E-state index is 0.0571.